The molecule has 0 aromatic carbocycles. The van der Waals surface area contributed by atoms with E-state index in [0.717, 1.165) is 25.2 Å². The molecule has 2 heterocycles. The average Bonchev–Trinajstić information content (AvgIpc) is 2.67. The first-order valence-electron chi connectivity index (χ1n) is 6.53. The second kappa shape index (κ2) is 6.44. The molecule has 0 aliphatic carbocycles. The van der Waals surface area contributed by atoms with Crippen LogP contribution in [0, 0.1) is 5.92 Å². The largest absolute Gasteiger partial charge is 0.354 e. The monoisotopic (exact) mass is 248 g/mol. The molecule has 0 saturated carbocycles. The Kier molecular flexibility index (Phi) is 4.64. The van der Waals surface area contributed by atoms with Crippen molar-refractivity contribution in [2.24, 2.45) is 5.92 Å². The van der Waals surface area contributed by atoms with Crippen LogP contribution in [0.1, 0.15) is 35.4 Å². The minimum Gasteiger partial charge on any atom is -0.354 e. The van der Waals surface area contributed by atoms with Crippen LogP contribution in [0.25, 0.3) is 0 Å². The summed E-state index contributed by atoms with van der Waals surface area (Å²) in [7, 11) is 1.61. The van der Waals surface area contributed by atoms with E-state index in [1.165, 1.54) is 25.6 Å². The van der Waals surface area contributed by atoms with Crippen LogP contribution in [-0.2, 0) is 6.42 Å². The first-order valence-corrected chi connectivity index (χ1v) is 6.53. The van der Waals surface area contributed by atoms with Crippen molar-refractivity contribution in [3.63, 3.8) is 0 Å². The Morgan fingerprint density at radius 2 is 2.33 bits per heavy atom. The Labute approximate surface area is 107 Å². The molecule has 1 amide bonds. The van der Waals surface area contributed by atoms with Gasteiger partial charge in [-0.2, -0.15) is 0 Å². The van der Waals surface area contributed by atoms with E-state index in [0.29, 0.717) is 11.6 Å². The molecule has 2 N–H and O–H groups in total. The average molecular weight is 248 g/mol. The Morgan fingerprint density at radius 1 is 1.44 bits per heavy atom. The van der Waals surface area contributed by atoms with Gasteiger partial charge >= 0.3 is 0 Å². The zero-order valence-corrected chi connectivity index (χ0v) is 10.8. The molecule has 0 radical (unpaired) electrons. The number of rotatable bonds is 3. The summed E-state index contributed by atoms with van der Waals surface area (Å²) in [5, 5.41) is 5.99. The van der Waals surface area contributed by atoms with Crippen molar-refractivity contribution in [1.29, 1.82) is 0 Å². The molecule has 0 spiro atoms. The molecule has 1 unspecified atom stereocenters. The molecule has 1 aromatic heterocycles. The van der Waals surface area contributed by atoms with Gasteiger partial charge in [-0.25, -0.2) is 9.97 Å². The summed E-state index contributed by atoms with van der Waals surface area (Å²) in [5.74, 6) is 0.508. The molecule has 5 heteroatoms. The van der Waals surface area contributed by atoms with E-state index >= 15 is 0 Å². The van der Waals surface area contributed by atoms with Crippen molar-refractivity contribution >= 4 is 5.91 Å². The van der Waals surface area contributed by atoms with Gasteiger partial charge in [-0.3, -0.25) is 4.79 Å². The highest BCUT2D eigenvalue weighted by Crippen LogP contribution is 2.18. The fourth-order valence-electron chi connectivity index (χ4n) is 2.35. The van der Waals surface area contributed by atoms with Crippen molar-refractivity contribution in [2.45, 2.75) is 25.7 Å². The molecule has 1 saturated heterocycles. The van der Waals surface area contributed by atoms with E-state index in [9.17, 15) is 4.79 Å². The summed E-state index contributed by atoms with van der Waals surface area (Å²) >= 11 is 0. The van der Waals surface area contributed by atoms with Crippen LogP contribution in [0.5, 0.6) is 0 Å². The predicted octanol–water partition coefficient (Wildman–Crippen LogP) is 0.768. The van der Waals surface area contributed by atoms with Gasteiger partial charge < -0.3 is 10.6 Å². The van der Waals surface area contributed by atoms with Crippen molar-refractivity contribution in [2.75, 3.05) is 20.1 Å². The van der Waals surface area contributed by atoms with Gasteiger partial charge in [0.1, 0.15) is 12.0 Å². The molecule has 18 heavy (non-hydrogen) atoms. The molecule has 1 fully saturated rings. The lowest BCUT2D eigenvalue weighted by molar-refractivity contribution is 0.0958. The maximum atomic E-state index is 11.5. The fourth-order valence-corrected chi connectivity index (χ4v) is 2.35. The lowest BCUT2D eigenvalue weighted by Crippen LogP contribution is -2.20. The van der Waals surface area contributed by atoms with Gasteiger partial charge in [0, 0.05) is 12.7 Å². The van der Waals surface area contributed by atoms with Gasteiger partial charge in [-0.1, -0.05) is 0 Å². The third-order valence-corrected chi connectivity index (χ3v) is 3.38. The Bertz CT molecular complexity index is 400. The zero-order valence-electron chi connectivity index (χ0n) is 10.8. The number of amides is 1. The fraction of sp³-hybridized carbons (Fsp3) is 0.615. The highest BCUT2D eigenvalue weighted by Gasteiger charge is 2.14. The summed E-state index contributed by atoms with van der Waals surface area (Å²) in [6, 6.07) is 1.80. The lowest BCUT2D eigenvalue weighted by Gasteiger charge is -2.12. The van der Waals surface area contributed by atoms with Crippen LogP contribution >= 0.6 is 0 Å². The van der Waals surface area contributed by atoms with Gasteiger partial charge in [0.05, 0.1) is 0 Å². The molecule has 1 aliphatic rings. The second-order valence-electron chi connectivity index (χ2n) is 4.72. The van der Waals surface area contributed by atoms with Crippen LogP contribution in [0.15, 0.2) is 12.4 Å². The smallest absolute Gasteiger partial charge is 0.269 e. The third-order valence-electron chi connectivity index (χ3n) is 3.38. The van der Waals surface area contributed by atoms with Gasteiger partial charge in [0.25, 0.3) is 5.91 Å². The van der Waals surface area contributed by atoms with E-state index in [1.807, 2.05) is 0 Å². The molecule has 1 aromatic rings. The first-order chi connectivity index (χ1) is 8.79. The van der Waals surface area contributed by atoms with Gasteiger partial charge in [-0.05, 0) is 50.8 Å². The van der Waals surface area contributed by atoms with Crippen molar-refractivity contribution < 1.29 is 4.79 Å². The minimum absolute atomic E-state index is 0.152. The molecule has 98 valence electrons. The van der Waals surface area contributed by atoms with Crippen LogP contribution in [-0.4, -0.2) is 36.0 Å². The quantitative estimate of drug-likeness (QED) is 0.829. The highest BCUT2D eigenvalue weighted by atomic mass is 16.1. The minimum atomic E-state index is -0.152. The number of carbonyl (C=O) groups is 1. The molecule has 5 nitrogen and oxygen atoms in total. The summed E-state index contributed by atoms with van der Waals surface area (Å²) in [5.41, 5.74) is 1.42. The molecular weight excluding hydrogens is 228 g/mol. The summed E-state index contributed by atoms with van der Waals surface area (Å²) in [4.78, 5) is 19.8. The van der Waals surface area contributed by atoms with E-state index in [4.69, 9.17) is 0 Å². The third kappa shape index (κ3) is 3.50. The number of nitrogens with zero attached hydrogens (tertiary/aromatic N) is 2. The summed E-state index contributed by atoms with van der Waals surface area (Å²) in [6.45, 7) is 2.20. The highest BCUT2D eigenvalue weighted by molar-refractivity contribution is 5.91. The van der Waals surface area contributed by atoms with E-state index in [-0.39, 0.29) is 5.91 Å². The summed E-state index contributed by atoms with van der Waals surface area (Å²) < 4.78 is 0. The SMILES string of the molecule is CNC(=O)c1cc(CC2CCCNCC2)ncn1. The maximum absolute atomic E-state index is 11.5. The Hall–Kier alpha value is -1.49. The first kappa shape index (κ1) is 13.0. The number of nitrogens with one attached hydrogen (secondary N) is 2. The van der Waals surface area contributed by atoms with Crippen LogP contribution < -0.4 is 10.6 Å². The molecular formula is C13H20N4O. The normalized spacial score (nSPS) is 20.2. The number of hydrogen-bond acceptors (Lipinski definition) is 4. The lowest BCUT2D eigenvalue weighted by atomic mass is 9.95. The van der Waals surface area contributed by atoms with Crippen LogP contribution in [0.4, 0.5) is 0 Å². The number of hydrogen-bond donors (Lipinski definition) is 2. The number of carbonyl (C=O) groups excluding carboxylic acids is 1. The van der Waals surface area contributed by atoms with Gasteiger partial charge in [0.15, 0.2) is 0 Å². The van der Waals surface area contributed by atoms with Crippen molar-refractivity contribution in [3.8, 4) is 0 Å². The van der Waals surface area contributed by atoms with Gasteiger partial charge in [0.2, 0.25) is 0 Å². The topological polar surface area (TPSA) is 66.9 Å². The Morgan fingerprint density at radius 3 is 3.17 bits per heavy atom. The Balaban J connectivity index is 2.01. The van der Waals surface area contributed by atoms with Crippen LogP contribution in [0.2, 0.25) is 0 Å². The summed E-state index contributed by atoms with van der Waals surface area (Å²) in [6.07, 6.45) is 6.05. The van der Waals surface area contributed by atoms with Crippen LogP contribution in [0.3, 0.4) is 0 Å². The molecule has 2 rings (SSSR count). The zero-order chi connectivity index (χ0) is 12.8. The molecule has 1 aliphatic heterocycles. The van der Waals surface area contributed by atoms with Crippen molar-refractivity contribution in [3.05, 3.63) is 23.8 Å². The maximum Gasteiger partial charge on any atom is 0.269 e. The van der Waals surface area contributed by atoms with E-state index in [1.54, 1.807) is 13.1 Å². The molecule has 0 bridgehead atoms. The standard InChI is InChI=1S/C13H20N4O/c1-14-13(18)12-8-11(16-9-17-12)7-10-3-2-5-15-6-4-10/h8-10,15H,2-7H2,1H3,(H,14,18). The van der Waals surface area contributed by atoms with E-state index in [2.05, 4.69) is 20.6 Å². The number of aromatic nitrogens is 2. The molecule has 1 atom stereocenters. The second-order valence-corrected chi connectivity index (χ2v) is 4.72. The van der Waals surface area contributed by atoms with E-state index < -0.39 is 0 Å². The van der Waals surface area contributed by atoms with Gasteiger partial charge in [-0.15, -0.1) is 0 Å². The van der Waals surface area contributed by atoms with Crippen molar-refractivity contribution in [1.82, 2.24) is 20.6 Å². The predicted molar refractivity (Wildman–Crippen MR) is 69.3 cm³/mol.